The monoisotopic (exact) mass is 289 g/mol. The Hall–Kier alpha value is -1.35. The summed E-state index contributed by atoms with van der Waals surface area (Å²) < 4.78 is 0. The molecular formula is C18H27NO2. The number of benzene rings is 1. The fourth-order valence-electron chi connectivity index (χ4n) is 3.45. The maximum absolute atomic E-state index is 10.9. The van der Waals surface area contributed by atoms with E-state index < -0.39 is 5.97 Å². The van der Waals surface area contributed by atoms with Gasteiger partial charge in [0.05, 0.1) is 5.56 Å². The van der Waals surface area contributed by atoms with Gasteiger partial charge >= 0.3 is 5.97 Å². The number of aromatic carboxylic acids is 1. The summed E-state index contributed by atoms with van der Waals surface area (Å²) in [7, 11) is 2.19. The van der Waals surface area contributed by atoms with E-state index in [4.69, 9.17) is 5.11 Å². The maximum atomic E-state index is 10.9. The van der Waals surface area contributed by atoms with Crippen LogP contribution < -0.4 is 0 Å². The first-order chi connectivity index (χ1) is 10.1. The zero-order valence-electron chi connectivity index (χ0n) is 13.2. The molecule has 21 heavy (non-hydrogen) atoms. The van der Waals surface area contributed by atoms with Crippen molar-refractivity contribution in [2.24, 2.45) is 5.92 Å². The van der Waals surface area contributed by atoms with Crippen LogP contribution in [-0.2, 0) is 6.54 Å². The molecule has 1 aromatic rings. The highest BCUT2D eigenvalue weighted by Crippen LogP contribution is 2.30. The average Bonchev–Trinajstić information content (AvgIpc) is 2.49. The predicted molar refractivity (Wildman–Crippen MR) is 85.5 cm³/mol. The maximum Gasteiger partial charge on any atom is 0.335 e. The molecule has 116 valence electrons. The fraction of sp³-hybridized carbons (Fsp3) is 0.611. The van der Waals surface area contributed by atoms with Crippen molar-refractivity contribution in [3.8, 4) is 0 Å². The van der Waals surface area contributed by atoms with Gasteiger partial charge in [0.2, 0.25) is 0 Å². The molecule has 2 rings (SSSR count). The molecule has 0 spiro atoms. The van der Waals surface area contributed by atoms with Gasteiger partial charge in [0.25, 0.3) is 0 Å². The van der Waals surface area contributed by atoms with E-state index >= 15 is 0 Å². The fourth-order valence-corrected chi connectivity index (χ4v) is 3.45. The first-order valence-electron chi connectivity index (χ1n) is 8.12. The Balaban J connectivity index is 1.84. The molecule has 1 aromatic carbocycles. The van der Waals surface area contributed by atoms with Crippen molar-refractivity contribution in [2.75, 3.05) is 7.05 Å². The minimum absolute atomic E-state index is 0.362. The van der Waals surface area contributed by atoms with E-state index in [1.54, 1.807) is 12.1 Å². The van der Waals surface area contributed by atoms with E-state index in [-0.39, 0.29) is 0 Å². The summed E-state index contributed by atoms with van der Waals surface area (Å²) in [5.41, 5.74) is 1.56. The molecule has 0 bridgehead atoms. The minimum atomic E-state index is -0.857. The van der Waals surface area contributed by atoms with Crippen LogP contribution in [0.4, 0.5) is 0 Å². The number of carbonyl (C=O) groups is 1. The average molecular weight is 289 g/mol. The second-order valence-electron chi connectivity index (χ2n) is 6.38. The number of hydrogen-bond donors (Lipinski definition) is 1. The van der Waals surface area contributed by atoms with Crippen molar-refractivity contribution >= 4 is 5.97 Å². The van der Waals surface area contributed by atoms with Gasteiger partial charge in [-0.2, -0.15) is 0 Å². The van der Waals surface area contributed by atoms with Gasteiger partial charge in [0.15, 0.2) is 0 Å². The van der Waals surface area contributed by atoms with Crippen LogP contribution in [-0.4, -0.2) is 29.1 Å². The van der Waals surface area contributed by atoms with E-state index in [1.165, 1.54) is 44.1 Å². The molecule has 0 heterocycles. The molecule has 3 nitrogen and oxygen atoms in total. The molecule has 0 aliphatic heterocycles. The number of nitrogens with zero attached hydrogens (tertiary/aromatic N) is 1. The van der Waals surface area contributed by atoms with Crippen LogP contribution in [0.2, 0.25) is 0 Å². The first kappa shape index (κ1) is 16.0. The molecule has 0 aromatic heterocycles. The Labute approximate surface area is 128 Å². The van der Waals surface area contributed by atoms with Crippen molar-refractivity contribution in [2.45, 2.75) is 58.0 Å². The molecule has 1 saturated carbocycles. The van der Waals surface area contributed by atoms with Gasteiger partial charge in [0.1, 0.15) is 0 Å². The summed E-state index contributed by atoms with van der Waals surface area (Å²) in [6.07, 6.45) is 8.01. The Bertz CT molecular complexity index is 447. The van der Waals surface area contributed by atoms with Gasteiger partial charge in [-0.25, -0.2) is 4.79 Å². The number of hydrogen-bond acceptors (Lipinski definition) is 2. The normalized spacial score (nSPS) is 22.4. The third kappa shape index (κ3) is 4.57. The summed E-state index contributed by atoms with van der Waals surface area (Å²) in [6.45, 7) is 3.18. The summed E-state index contributed by atoms with van der Waals surface area (Å²) in [6, 6.07) is 7.94. The van der Waals surface area contributed by atoms with Crippen LogP contribution in [0.5, 0.6) is 0 Å². The lowest BCUT2D eigenvalue weighted by molar-refractivity contribution is 0.0697. The van der Waals surface area contributed by atoms with Crippen LogP contribution in [0.25, 0.3) is 0 Å². The lowest BCUT2D eigenvalue weighted by Crippen LogP contribution is -2.34. The summed E-state index contributed by atoms with van der Waals surface area (Å²) in [4.78, 5) is 13.3. The third-order valence-corrected chi connectivity index (χ3v) is 4.77. The van der Waals surface area contributed by atoms with Gasteiger partial charge in [0, 0.05) is 12.6 Å². The quantitative estimate of drug-likeness (QED) is 0.854. The van der Waals surface area contributed by atoms with Crippen molar-refractivity contribution in [3.63, 3.8) is 0 Å². The van der Waals surface area contributed by atoms with Crippen molar-refractivity contribution < 1.29 is 9.90 Å². The summed E-state index contributed by atoms with van der Waals surface area (Å²) in [5, 5.41) is 8.92. The summed E-state index contributed by atoms with van der Waals surface area (Å²) in [5.74, 6) is 0.0821. The van der Waals surface area contributed by atoms with Gasteiger partial charge in [-0.1, -0.05) is 31.9 Å². The number of rotatable bonds is 6. The van der Waals surface area contributed by atoms with E-state index in [0.717, 1.165) is 12.5 Å². The number of carboxylic acids is 1. The van der Waals surface area contributed by atoms with E-state index in [9.17, 15) is 4.79 Å². The standard InChI is InChI=1S/C18H27NO2/c1-3-4-14-7-11-17(12-8-14)19(2)13-15-5-9-16(10-6-15)18(20)21/h5-6,9-10,14,17H,3-4,7-8,11-13H2,1-2H3,(H,20,21). The van der Waals surface area contributed by atoms with Gasteiger partial charge in [-0.05, 0) is 56.3 Å². The Kier molecular flexibility index (Phi) is 5.80. The van der Waals surface area contributed by atoms with Crippen LogP contribution in [0.15, 0.2) is 24.3 Å². The second-order valence-corrected chi connectivity index (χ2v) is 6.38. The minimum Gasteiger partial charge on any atom is -0.478 e. The zero-order valence-corrected chi connectivity index (χ0v) is 13.2. The smallest absolute Gasteiger partial charge is 0.335 e. The number of carboxylic acid groups (broad SMARTS) is 1. The zero-order chi connectivity index (χ0) is 15.2. The van der Waals surface area contributed by atoms with Crippen LogP contribution >= 0.6 is 0 Å². The molecule has 1 aliphatic rings. The molecular weight excluding hydrogens is 262 g/mol. The van der Waals surface area contributed by atoms with Gasteiger partial charge in [-0.3, -0.25) is 4.90 Å². The molecule has 0 amide bonds. The molecule has 0 unspecified atom stereocenters. The van der Waals surface area contributed by atoms with E-state index in [2.05, 4.69) is 18.9 Å². The summed E-state index contributed by atoms with van der Waals surface area (Å²) >= 11 is 0. The molecule has 1 fully saturated rings. The molecule has 1 N–H and O–H groups in total. The highest BCUT2D eigenvalue weighted by Gasteiger charge is 2.23. The predicted octanol–water partition coefficient (Wildman–Crippen LogP) is 4.18. The Morgan fingerprint density at radius 2 is 1.81 bits per heavy atom. The Morgan fingerprint density at radius 3 is 2.33 bits per heavy atom. The lowest BCUT2D eigenvalue weighted by atomic mass is 9.83. The van der Waals surface area contributed by atoms with Crippen molar-refractivity contribution in [3.05, 3.63) is 35.4 Å². The molecule has 0 atom stereocenters. The van der Waals surface area contributed by atoms with E-state index in [0.29, 0.717) is 11.6 Å². The van der Waals surface area contributed by atoms with Crippen LogP contribution in [0.3, 0.4) is 0 Å². The van der Waals surface area contributed by atoms with E-state index in [1.807, 2.05) is 12.1 Å². The van der Waals surface area contributed by atoms with Gasteiger partial charge in [-0.15, -0.1) is 0 Å². The highest BCUT2D eigenvalue weighted by atomic mass is 16.4. The topological polar surface area (TPSA) is 40.5 Å². The van der Waals surface area contributed by atoms with Crippen LogP contribution in [0, 0.1) is 5.92 Å². The highest BCUT2D eigenvalue weighted by molar-refractivity contribution is 5.87. The van der Waals surface area contributed by atoms with Crippen LogP contribution in [0.1, 0.15) is 61.4 Å². The van der Waals surface area contributed by atoms with Crippen molar-refractivity contribution in [1.29, 1.82) is 0 Å². The second kappa shape index (κ2) is 7.60. The first-order valence-corrected chi connectivity index (χ1v) is 8.12. The molecule has 0 radical (unpaired) electrons. The van der Waals surface area contributed by atoms with Crippen molar-refractivity contribution in [1.82, 2.24) is 4.90 Å². The largest absolute Gasteiger partial charge is 0.478 e. The molecule has 0 saturated heterocycles. The third-order valence-electron chi connectivity index (χ3n) is 4.77. The van der Waals surface area contributed by atoms with Gasteiger partial charge < -0.3 is 5.11 Å². The molecule has 1 aliphatic carbocycles. The Morgan fingerprint density at radius 1 is 1.19 bits per heavy atom. The molecule has 3 heteroatoms. The SMILES string of the molecule is CCCC1CCC(N(C)Cc2ccc(C(=O)O)cc2)CC1. The lowest BCUT2D eigenvalue weighted by Gasteiger charge is -2.34.